The highest BCUT2D eigenvalue weighted by Gasteiger charge is 2.30. The Labute approximate surface area is 208 Å². The van der Waals surface area contributed by atoms with Gasteiger partial charge < -0.3 is 14.6 Å². The summed E-state index contributed by atoms with van der Waals surface area (Å²) in [5.74, 6) is 0.0990. The fourth-order valence-corrected chi connectivity index (χ4v) is 5.93. The highest BCUT2D eigenvalue weighted by atomic mass is 32.2. The van der Waals surface area contributed by atoms with E-state index in [1.54, 1.807) is 19.1 Å². The zero-order valence-electron chi connectivity index (χ0n) is 21.1. The van der Waals surface area contributed by atoms with Gasteiger partial charge in [-0.25, -0.2) is 8.42 Å². The number of anilines is 1. The van der Waals surface area contributed by atoms with Crippen LogP contribution >= 0.6 is 0 Å². The van der Waals surface area contributed by atoms with Crippen molar-refractivity contribution in [1.82, 2.24) is 8.87 Å². The number of hydrogen-bond donors (Lipinski definition) is 1. The number of rotatable bonds is 9. The summed E-state index contributed by atoms with van der Waals surface area (Å²) in [4.78, 5) is 13.0. The number of nitriles is 1. The molecule has 1 fully saturated rings. The summed E-state index contributed by atoms with van der Waals surface area (Å²) in [5, 5.41) is 12.4. The first-order valence-electron chi connectivity index (χ1n) is 11.9. The molecule has 8 nitrogen and oxygen atoms in total. The monoisotopic (exact) mass is 498 g/mol. The van der Waals surface area contributed by atoms with E-state index in [2.05, 4.69) is 23.7 Å². The highest BCUT2D eigenvalue weighted by molar-refractivity contribution is 7.89. The molecule has 0 atom stereocenters. The maximum Gasteiger partial charge on any atom is 0.266 e. The van der Waals surface area contributed by atoms with Crippen molar-refractivity contribution in [2.45, 2.75) is 58.9 Å². The van der Waals surface area contributed by atoms with Crippen LogP contribution in [0.5, 0.6) is 5.75 Å². The Bertz CT molecular complexity index is 1260. The molecule has 1 saturated heterocycles. The van der Waals surface area contributed by atoms with Gasteiger partial charge in [-0.1, -0.05) is 13.8 Å². The molecule has 2 heterocycles. The molecule has 2 aromatic rings. The molecule has 9 heteroatoms. The first-order valence-corrected chi connectivity index (χ1v) is 13.4. The SMILES string of the molecule is CCOc1ccc(NC(=O)/C(C#N)=C/c2cc(C)n(CC(C)C)c2C)cc1S(=O)(=O)N1CCCC1. The predicted octanol–water partition coefficient (Wildman–Crippen LogP) is 4.49. The van der Waals surface area contributed by atoms with Gasteiger partial charge in [0.25, 0.3) is 5.91 Å². The van der Waals surface area contributed by atoms with Crippen LogP contribution < -0.4 is 10.1 Å². The molecule has 1 N–H and O–H groups in total. The molecule has 0 spiro atoms. The highest BCUT2D eigenvalue weighted by Crippen LogP contribution is 2.32. The molecule has 0 unspecified atom stereocenters. The van der Waals surface area contributed by atoms with Crippen molar-refractivity contribution in [3.05, 3.63) is 46.8 Å². The Kier molecular flexibility index (Phi) is 8.41. The second kappa shape index (κ2) is 11.1. The van der Waals surface area contributed by atoms with Gasteiger partial charge in [0, 0.05) is 36.7 Å². The van der Waals surface area contributed by atoms with Crippen LogP contribution in [0.4, 0.5) is 5.69 Å². The van der Waals surface area contributed by atoms with Crippen molar-refractivity contribution < 1.29 is 17.9 Å². The van der Waals surface area contributed by atoms with E-state index in [-0.39, 0.29) is 21.9 Å². The van der Waals surface area contributed by atoms with Gasteiger partial charge in [-0.3, -0.25) is 4.79 Å². The van der Waals surface area contributed by atoms with E-state index in [0.717, 1.165) is 36.3 Å². The number of ether oxygens (including phenoxy) is 1. The summed E-state index contributed by atoms with van der Waals surface area (Å²) < 4.78 is 35.6. The summed E-state index contributed by atoms with van der Waals surface area (Å²) in [7, 11) is -3.77. The molecule has 35 heavy (non-hydrogen) atoms. The second-order valence-electron chi connectivity index (χ2n) is 9.16. The van der Waals surface area contributed by atoms with E-state index < -0.39 is 15.9 Å². The number of aryl methyl sites for hydroxylation is 1. The van der Waals surface area contributed by atoms with Gasteiger partial charge in [0.1, 0.15) is 22.3 Å². The number of hydrogen-bond acceptors (Lipinski definition) is 5. The molecular formula is C26H34N4O4S. The van der Waals surface area contributed by atoms with E-state index in [1.807, 2.05) is 26.0 Å². The van der Waals surface area contributed by atoms with Crippen LogP contribution in [0.25, 0.3) is 6.08 Å². The van der Waals surface area contributed by atoms with Crippen molar-refractivity contribution in [1.29, 1.82) is 5.26 Å². The lowest BCUT2D eigenvalue weighted by Crippen LogP contribution is -2.28. The summed E-state index contributed by atoms with van der Waals surface area (Å²) in [6.45, 7) is 12.1. The third kappa shape index (κ3) is 5.95. The van der Waals surface area contributed by atoms with Crippen LogP contribution in [0.3, 0.4) is 0 Å². The van der Waals surface area contributed by atoms with Crippen molar-refractivity contribution in [3.63, 3.8) is 0 Å². The molecule has 1 aliphatic heterocycles. The molecule has 0 radical (unpaired) electrons. The fraction of sp³-hybridized carbons (Fsp3) is 0.462. The maximum absolute atomic E-state index is 13.2. The summed E-state index contributed by atoms with van der Waals surface area (Å²) in [6, 6.07) is 8.46. The Hall–Kier alpha value is -3.09. The third-order valence-corrected chi connectivity index (χ3v) is 7.93. The van der Waals surface area contributed by atoms with Crippen LogP contribution in [-0.4, -0.2) is 42.9 Å². The summed E-state index contributed by atoms with van der Waals surface area (Å²) in [5.41, 5.74) is 3.06. The van der Waals surface area contributed by atoms with Crippen LogP contribution in [0.1, 0.15) is 50.6 Å². The average Bonchev–Trinajstić information content (AvgIpc) is 3.44. The lowest BCUT2D eigenvalue weighted by atomic mass is 10.1. The van der Waals surface area contributed by atoms with Gasteiger partial charge in [-0.05, 0) is 75.4 Å². The summed E-state index contributed by atoms with van der Waals surface area (Å²) in [6.07, 6.45) is 3.20. The number of nitrogens with one attached hydrogen (secondary N) is 1. The number of aromatic nitrogens is 1. The predicted molar refractivity (Wildman–Crippen MR) is 137 cm³/mol. The van der Waals surface area contributed by atoms with E-state index in [1.165, 1.54) is 16.4 Å². The minimum absolute atomic E-state index is 0.0127. The number of benzene rings is 1. The standard InChI is InChI=1S/C26H34N4O4S/c1-6-34-24-10-9-23(15-25(24)35(32,33)29-11-7-8-12-29)28-26(31)22(16-27)14-21-13-19(4)30(20(21)5)17-18(2)3/h9-10,13-15,18H,6-8,11-12,17H2,1-5H3,(H,28,31)/b22-14+. The number of amides is 1. The Morgan fingerprint density at radius 1 is 1.23 bits per heavy atom. The van der Waals surface area contributed by atoms with Crippen LogP contribution in [0.15, 0.2) is 34.7 Å². The first-order chi connectivity index (χ1) is 16.6. The van der Waals surface area contributed by atoms with E-state index in [4.69, 9.17) is 4.74 Å². The van der Waals surface area contributed by atoms with Crippen molar-refractivity contribution >= 4 is 27.7 Å². The number of sulfonamides is 1. The number of nitrogens with zero attached hydrogens (tertiary/aromatic N) is 3. The Morgan fingerprint density at radius 2 is 1.91 bits per heavy atom. The Balaban J connectivity index is 1.91. The zero-order chi connectivity index (χ0) is 25.8. The van der Waals surface area contributed by atoms with Crippen LogP contribution in [-0.2, 0) is 21.4 Å². The molecule has 0 saturated carbocycles. The molecule has 3 rings (SSSR count). The fourth-order valence-electron chi connectivity index (χ4n) is 4.25. The molecular weight excluding hydrogens is 464 g/mol. The van der Waals surface area contributed by atoms with Gasteiger partial charge in [0.2, 0.25) is 10.0 Å². The first kappa shape index (κ1) is 26.5. The van der Waals surface area contributed by atoms with Gasteiger partial charge in [0.15, 0.2) is 0 Å². The molecule has 1 aromatic carbocycles. The van der Waals surface area contributed by atoms with E-state index in [0.29, 0.717) is 25.6 Å². The number of carbonyl (C=O) groups excluding carboxylic acids is 1. The van der Waals surface area contributed by atoms with Crippen LogP contribution in [0.2, 0.25) is 0 Å². The third-order valence-electron chi connectivity index (χ3n) is 6.01. The molecule has 0 aliphatic carbocycles. The van der Waals surface area contributed by atoms with Gasteiger partial charge >= 0.3 is 0 Å². The number of carbonyl (C=O) groups is 1. The lowest BCUT2D eigenvalue weighted by molar-refractivity contribution is -0.112. The smallest absolute Gasteiger partial charge is 0.266 e. The minimum Gasteiger partial charge on any atom is -0.492 e. The van der Waals surface area contributed by atoms with Gasteiger partial charge in [-0.2, -0.15) is 9.57 Å². The minimum atomic E-state index is -3.77. The molecule has 0 bridgehead atoms. The molecule has 1 aliphatic rings. The topological polar surface area (TPSA) is 104 Å². The zero-order valence-corrected chi connectivity index (χ0v) is 21.9. The Morgan fingerprint density at radius 3 is 2.51 bits per heavy atom. The molecule has 188 valence electrons. The van der Waals surface area contributed by atoms with Crippen molar-refractivity contribution in [2.24, 2.45) is 5.92 Å². The van der Waals surface area contributed by atoms with Gasteiger partial charge in [0.05, 0.1) is 6.61 Å². The van der Waals surface area contributed by atoms with Crippen molar-refractivity contribution in [2.75, 3.05) is 25.0 Å². The van der Waals surface area contributed by atoms with E-state index >= 15 is 0 Å². The summed E-state index contributed by atoms with van der Waals surface area (Å²) >= 11 is 0. The lowest BCUT2D eigenvalue weighted by Gasteiger charge is -2.19. The maximum atomic E-state index is 13.2. The molecule has 1 amide bonds. The van der Waals surface area contributed by atoms with Crippen molar-refractivity contribution in [3.8, 4) is 11.8 Å². The largest absolute Gasteiger partial charge is 0.492 e. The molecule has 1 aromatic heterocycles. The van der Waals surface area contributed by atoms with E-state index in [9.17, 15) is 18.5 Å². The van der Waals surface area contributed by atoms with Crippen LogP contribution in [0, 0.1) is 31.1 Å². The normalized spacial score (nSPS) is 14.8. The second-order valence-corrected chi connectivity index (χ2v) is 11.1. The average molecular weight is 499 g/mol. The van der Waals surface area contributed by atoms with Gasteiger partial charge in [-0.15, -0.1) is 0 Å². The quantitative estimate of drug-likeness (QED) is 0.405.